The van der Waals surface area contributed by atoms with E-state index in [4.69, 9.17) is 0 Å². The van der Waals surface area contributed by atoms with Crippen LogP contribution in [0.15, 0.2) is 48.8 Å². The van der Waals surface area contributed by atoms with E-state index in [2.05, 4.69) is 33.9 Å². The number of benzene rings is 1. The van der Waals surface area contributed by atoms with Gasteiger partial charge in [-0.1, -0.05) is 30.3 Å². The molecule has 2 heterocycles. The number of hydrogen-bond acceptors (Lipinski definition) is 4. The van der Waals surface area contributed by atoms with Crippen LogP contribution in [0.3, 0.4) is 0 Å². The number of likely N-dealkylation sites (N-methyl/N-ethyl adjacent to an activating group) is 1. The number of carbonyl (C=O) groups excluding carboxylic acids is 1. The maximum absolute atomic E-state index is 12.6. The zero-order valence-electron chi connectivity index (χ0n) is 14.9. The van der Waals surface area contributed by atoms with Gasteiger partial charge in [0.2, 0.25) is 5.95 Å². The predicted octanol–water partition coefficient (Wildman–Crippen LogP) is 0.401. The van der Waals surface area contributed by atoms with Crippen LogP contribution in [0.5, 0.6) is 0 Å². The molecule has 1 aromatic heterocycles. The van der Waals surface area contributed by atoms with Crippen molar-refractivity contribution in [1.29, 1.82) is 0 Å². The highest BCUT2D eigenvalue weighted by atomic mass is 16.2. The van der Waals surface area contributed by atoms with Crippen LogP contribution in [-0.4, -0.2) is 60.5 Å². The molecule has 1 atom stereocenters. The fourth-order valence-corrected chi connectivity index (χ4v) is 3.16. The van der Waals surface area contributed by atoms with E-state index < -0.39 is 0 Å². The van der Waals surface area contributed by atoms with E-state index in [0.29, 0.717) is 6.54 Å². The lowest BCUT2D eigenvalue weighted by molar-refractivity contribution is -0.892. The Labute approximate surface area is 149 Å². The van der Waals surface area contributed by atoms with Crippen LogP contribution in [0, 0.1) is 0 Å². The van der Waals surface area contributed by atoms with E-state index in [-0.39, 0.29) is 11.9 Å². The Bertz CT molecular complexity index is 671. The highest BCUT2D eigenvalue weighted by Crippen LogP contribution is 2.17. The molecule has 6 heteroatoms. The highest BCUT2D eigenvalue weighted by molar-refractivity contribution is 5.77. The summed E-state index contributed by atoms with van der Waals surface area (Å²) in [5.41, 5.74) is 1.17. The number of nitrogens with one attached hydrogen (secondary N) is 1. The van der Waals surface area contributed by atoms with Crippen molar-refractivity contribution in [3.8, 4) is 0 Å². The van der Waals surface area contributed by atoms with Crippen molar-refractivity contribution in [2.45, 2.75) is 13.0 Å². The lowest BCUT2D eigenvalue weighted by Gasteiger charge is -2.33. The minimum atomic E-state index is 0.0899. The van der Waals surface area contributed by atoms with Gasteiger partial charge in [-0.2, -0.15) is 0 Å². The molecule has 1 saturated heterocycles. The minimum absolute atomic E-state index is 0.0899. The molecule has 1 amide bonds. The normalized spacial score (nSPS) is 16.5. The summed E-state index contributed by atoms with van der Waals surface area (Å²) in [5.74, 6) is 0.971. The molecule has 1 aliphatic heterocycles. The second-order valence-electron chi connectivity index (χ2n) is 6.55. The molecule has 0 spiro atoms. The first-order valence-electron chi connectivity index (χ1n) is 8.81. The maximum Gasteiger partial charge on any atom is 0.278 e. The number of amides is 1. The van der Waals surface area contributed by atoms with E-state index in [1.165, 1.54) is 10.5 Å². The number of hydrogen-bond donors (Lipinski definition) is 1. The van der Waals surface area contributed by atoms with Crippen molar-refractivity contribution in [1.82, 2.24) is 14.9 Å². The number of nitrogens with zero attached hydrogens (tertiary/aromatic N) is 4. The van der Waals surface area contributed by atoms with Crippen molar-refractivity contribution in [3.05, 3.63) is 54.4 Å². The molecule has 1 aliphatic rings. The molecule has 0 bridgehead atoms. The quantitative estimate of drug-likeness (QED) is 0.856. The third-order valence-corrected chi connectivity index (χ3v) is 4.96. The Morgan fingerprint density at radius 3 is 2.44 bits per heavy atom. The highest BCUT2D eigenvalue weighted by Gasteiger charge is 2.26. The Balaban J connectivity index is 1.50. The van der Waals surface area contributed by atoms with Gasteiger partial charge in [0.15, 0.2) is 6.54 Å². The molecule has 0 radical (unpaired) electrons. The fourth-order valence-electron chi connectivity index (χ4n) is 3.16. The van der Waals surface area contributed by atoms with Gasteiger partial charge in [-0.3, -0.25) is 4.79 Å². The molecular weight excluding hydrogens is 314 g/mol. The van der Waals surface area contributed by atoms with Crippen LogP contribution in [0.25, 0.3) is 0 Å². The first kappa shape index (κ1) is 17.4. The third kappa shape index (κ3) is 4.33. The van der Waals surface area contributed by atoms with E-state index in [0.717, 1.165) is 32.1 Å². The lowest BCUT2D eigenvalue weighted by Crippen LogP contribution is -3.15. The minimum Gasteiger partial charge on any atom is -0.334 e. The van der Waals surface area contributed by atoms with Crippen LogP contribution >= 0.6 is 0 Å². The van der Waals surface area contributed by atoms with Crippen LogP contribution in [0.4, 0.5) is 5.95 Å². The number of piperazine rings is 1. The molecule has 2 aromatic rings. The van der Waals surface area contributed by atoms with Crippen LogP contribution in [0.2, 0.25) is 0 Å². The summed E-state index contributed by atoms with van der Waals surface area (Å²) >= 11 is 0. The topological polar surface area (TPSA) is 53.8 Å². The molecule has 0 saturated carbocycles. The van der Waals surface area contributed by atoms with E-state index >= 15 is 0 Å². The van der Waals surface area contributed by atoms with E-state index in [1.807, 2.05) is 36.2 Å². The van der Waals surface area contributed by atoms with Crippen LogP contribution in [0.1, 0.15) is 18.5 Å². The van der Waals surface area contributed by atoms with Gasteiger partial charge in [-0.05, 0) is 18.6 Å². The second kappa shape index (κ2) is 8.07. The number of anilines is 1. The lowest BCUT2D eigenvalue weighted by atomic mass is 10.1. The molecule has 132 valence electrons. The zero-order valence-corrected chi connectivity index (χ0v) is 14.9. The van der Waals surface area contributed by atoms with Crippen molar-refractivity contribution in [2.75, 3.05) is 44.7 Å². The fraction of sp³-hybridized carbons (Fsp3) is 0.421. The van der Waals surface area contributed by atoms with Crippen molar-refractivity contribution >= 4 is 11.9 Å². The standard InChI is InChI=1S/C19H25N5O/c1-16(17-7-4-3-5-8-17)22(2)18(25)15-23-11-13-24(14-12-23)19-20-9-6-10-21-19/h3-10,16H,11-15H2,1-2H3/p+1/t16-/m1/s1. The van der Waals surface area contributed by atoms with Gasteiger partial charge in [0, 0.05) is 19.4 Å². The monoisotopic (exact) mass is 340 g/mol. The number of carbonyl (C=O) groups is 1. The molecule has 1 aromatic carbocycles. The molecule has 6 nitrogen and oxygen atoms in total. The number of aromatic nitrogens is 2. The molecule has 0 unspecified atom stereocenters. The van der Waals surface area contributed by atoms with Crippen LogP contribution in [-0.2, 0) is 4.79 Å². The average molecular weight is 340 g/mol. The molecule has 0 aliphatic carbocycles. The summed E-state index contributed by atoms with van der Waals surface area (Å²) in [6, 6.07) is 12.1. The third-order valence-electron chi connectivity index (χ3n) is 4.96. The summed E-state index contributed by atoms with van der Waals surface area (Å²) in [6.45, 7) is 6.23. The van der Waals surface area contributed by atoms with Gasteiger partial charge in [-0.25, -0.2) is 9.97 Å². The molecule has 1 N–H and O–H groups in total. The summed E-state index contributed by atoms with van der Waals surface area (Å²) in [4.78, 5) is 26.6. The first-order valence-corrected chi connectivity index (χ1v) is 8.81. The maximum atomic E-state index is 12.6. The van der Waals surface area contributed by atoms with Crippen molar-refractivity contribution in [3.63, 3.8) is 0 Å². The van der Waals surface area contributed by atoms with Crippen molar-refractivity contribution < 1.29 is 9.69 Å². The van der Waals surface area contributed by atoms with Gasteiger partial charge in [0.05, 0.1) is 32.2 Å². The average Bonchev–Trinajstić information content (AvgIpc) is 2.68. The molecule has 25 heavy (non-hydrogen) atoms. The molecular formula is C19H26N5O+. The second-order valence-corrected chi connectivity index (χ2v) is 6.55. The SMILES string of the molecule is C[C@H](c1ccccc1)N(C)C(=O)C[NH+]1CCN(c2ncccn2)CC1. The summed E-state index contributed by atoms with van der Waals surface area (Å²) < 4.78 is 0. The summed E-state index contributed by atoms with van der Waals surface area (Å²) in [6.07, 6.45) is 3.54. The van der Waals surface area contributed by atoms with Crippen LogP contribution < -0.4 is 9.80 Å². The molecule has 1 fully saturated rings. The van der Waals surface area contributed by atoms with Gasteiger partial charge < -0.3 is 14.7 Å². The van der Waals surface area contributed by atoms with E-state index in [1.54, 1.807) is 12.4 Å². The largest absolute Gasteiger partial charge is 0.334 e. The van der Waals surface area contributed by atoms with Crippen molar-refractivity contribution in [2.24, 2.45) is 0 Å². The first-order chi connectivity index (χ1) is 12.1. The number of quaternary nitrogens is 1. The Morgan fingerprint density at radius 2 is 1.80 bits per heavy atom. The Kier molecular flexibility index (Phi) is 5.60. The molecule has 3 rings (SSSR count). The number of rotatable bonds is 5. The predicted molar refractivity (Wildman–Crippen MR) is 97.4 cm³/mol. The Morgan fingerprint density at radius 1 is 1.16 bits per heavy atom. The zero-order chi connectivity index (χ0) is 17.6. The van der Waals surface area contributed by atoms with Gasteiger partial charge in [0.25, 0.3) is 5.91 Å². The Hall–Kier alpha value is -2.47. The van der Waals surface area contributed by atoms with Gasteiger partial charge >= 0.3 is 0 Å². The van der Waals surface area contributed by atoms with Gasteiger partial charge in [-0.15, -0.1) is 0 Å². The summed E-state index contributed by atoms with van der Waals surface area (Å²) in [7, 11) is 1.90. The van der Waals surface area contributed by atoms with E-state index in [9.17, 15) is 4.79 Å². The smallest absolute Gasteiger partial charge is 0.278 e. The van der Waals surface area contributed by atoms with Gasteiger partial charge in [0.1, 0.15) is 0 Å². The summed E-state index contributed by atoms with van der Waals surface area (Å²) in [5, 5.41) is 0.